The summed E-state index contributed by atoms with van der Waals surface area (Å²) in [5.41, 5.74) is 2.53. The molecule has 0 saturated heterocycles. The van der Waals surface area contributed by atoms with Gasteiger partial charge in [-0.15, -0.1) is 0 Å². The van der Waals surface area contributed by atoms with Crippen molar-refractivity contribution >= 4 is 5.97 Å². The molecule has 0 N–H and O–H groups in total. The molecule has 4 aliphatic carbocycles. The Hall–Kier alpha value is -0.790. The molecule has 0 radical (unpaired) electrons. The Kier molecular flexibility index (Phi) is 6.68. The molecule has 31 heavy (non-hydrogen) atoms. The van der Waals surface area contributed by atoms with E-state index in [-0.39, 0.29) is 12.1 Å². The van der Waals surface area contributed by atoms with Crippen LogP contribution in [-0.4, -0.2) is 12.1 Å². The molecule has 0 aromatic carbocycles. The van der Waals surface area contributed by atoms with Crippen LogP contribution in [0.2, 0.25) is 0 Å². The van der Waals surface area contributed by atoms with Crippen LogP contribution in [0.1, 0.15) is 112 Å². The van der Waals surface area contributed by atoms with E-state index in [1.165, 1.54) is 57.8 Å². The molecule has 0 amide bonds. The van der Waals surface area contributed by atoms with Gasteiger partial charge in [-0.3, -0.25) is 4.79 Å². The number of rotatable bonds is 6. The molecule has 0 aliphatic heterocycles. The van der Waals surface area contributed by atoms with E-state index in [1.807, 2.05) is 0 Å². The maximum absolute atomic E-state index is 11.5. The lowest BCUT2D eigenvalue weighted by Gasteiger charge is -2.58. The SMILES string of the molecule is CC(=O)O[C@H]1CC[C@@]2(C)C(=CCC3C4CCC([C@@H](C)CCCC(C)C)C4(C)CCC32)C1. The fourth-order valence-corrected chi connectivity index (χ4v) is 8.99. The fourth-order valence-electron chi connectivity index (χ4n) is 8.99. The van der Waals surface area contributed by atoms with Crippen molar-refractivity contribution in [1.82, 2.24) is 0 Å². The first-order valence-electron chi connectivity index (χ1n) is 13.5. The summed E-state index contributed by atoms with van der Waals surface area (Å²) in [6.07, 6.45) is 17.2. The van der Waals surface area contributed by atoms with Crippen molar-refractivity contribution in [3.63, 3.8) is 0 Å². The van der Waals surface area contributed by atoms with Crippen LogP contribution in [0.3, 0.4) is 0 Å². The highest BCUT2D eigenvalue weighted by atomic mass is 16.5. The number of fused-ring (bicyclic) bond motifs is 5. The van der Waals surface area contributed by atoms with Gasteiger partial charge in [0.15, 0.2) is 0 Å². The molecule has 0 spiro atoms. The van der Waals surface area contributed by atoms with Crippen molar-refractivity contribution in [1.29, 1.82) is 0 Å². The molecule has 2 heteroatoms. The van der Waals surface area contributed by atoms with Crippen molar-refractivity contribution in [3.05, 3.63) is 11.6 Å². The summed E-state index contributed by atoms with van der Waals surface area (Å²) in [7, 11) is 0. The highest BCUT2D eigenvalue weighted by molar-refractivity contribution is 5.66. The number of carbonyl (C=O) groups excluding carboxylic acids is 1. The first kappa shape index (κ1) is 23.4. The van der Waals surface area contributed by atoms with Crippen molar-refractivity contribution in [3.8, 4) is 0 Å². The van der Waals surface area contributed by atoms with Crippen LogP contribution >= 0.6 is 0 Å². The number of hydrogen-bond acceptors (Lipinski definition) is 2. The molecule has 0 heterocycles. The number of esters is 1. The second kappa shape index (κ2) is 8.86. The monoisotopic (exact) mass is 428 g/mol. The van der Waals surface area contributed by atoms with Gasteiger partial charge in [0.1, 0.15) is 6.10 Å². The molecule has 3 saturated carbocycles. The van der Waals surface area contributed by atoms with Gasteiger partial charge in [0.05, 0.1) is 0 Å². The molecular formula is C29H48O2. The second-order valence-electron chi connectivity index (χ2n) is 12.8. The molecule has 4 rings (SSSR count). The number of allylic oxidation sites excluding steroid dienone is 1. The van der Waals surface area contributed by atoms with Gasteiger partial charge < -0.3 is 4.74 Å². The molecule has 2 nitrogen and oxygen atoms in total. The van der Waals surface area contributed by atoms with E-state index >= 15 is 0 Å². The normalized spacial score (nSPS) is 42.9. The Balaban J connectivity index is 1.47. The Morgan fingerprint density at radius 1 is 1.06 bits per heavy atom. The van der Waals surface area contributed by atoms with E-state index in [1.54, 1.807) is 12.5 Å². The summed E-state index contributed by atoms with van der Waals surface area (Å²) in [6, 6.07) is 0. The predicted molar refractivity (Wildman–Crippen MR) is 129 cm³/mol. The topological polar surface area (TPSA) is 26.3 Å². The van der Waals surface area contributed by atoms with Gasteiger partial charge in [-0.25, -0.2) is 0 Å². The van der Waals surface area contributed by atoms with Gasteiger partial charge in [0.25, 0.3) is 0 Å². The second-order valence-corrected chi connectivity index (χ2v) is 12.8. The van der Waals surface area contributed by atoms with Gasteiger partial charge in [0.2, 0.25) is 0 Å². The van der Waals surface area contributed by atoms with Crippen molar-refractivity contribution < 1.29 is 9.53 Å². The third kappa shape index (κ3) is 4.26. The Morgan fingerprint density at radius 3 is 2.55 bits per heavy atom. The molecule has 4 aliphatic rings. The molecular weight excluding hydrogens is 380 g/mol. The van der Waals surface area contributed by atoms with E-state index < -0.39 is 0 Å². The minimum Gasteiger partial charge on any atom is -0.462 e. The summed E-state index contributed by atoms with van der Waals surface area (Å²) in [5, 5.41) is 0. The highest BCUT2D eigenvalue weighted by Crippen LogP contribution is 2.67. The lowest BCUT2D eigenvalue weighted by atomic mass is 9.47. The maximum atomic E-state index is 11.5. The summed E-state index contributed by atoms with van der Waals surface area (Å²) in [6.45, 7) is 14.1. The maximum Gasteiger partial charge on any atom is 0.302 e. The third-order valence-corrected chi connectivity index (χ3v) is 10.6. The lowest BCUT2D eigenvalue weighted by molar-refractivity contribution is -0.148. The van der Waals surface area contributed by atoms with E-state index in [4.69, 9.17) is 4.74 Å². The smallest absolute Gasteiger partial charge is 0.302 e. The van der Waals surface area contributed by atoms with Gasteiger partial charge >= 0.3 is 5.97 Å². The van der Waals surface area contributed by atoms with Crippen molar-refractivity contribution in [2.75, 3.05) is 0 Å². The average Bonchev–Trinajstić information content (AvgIpc) is 3.05. The van der Waals surface area contributed by atoms with Gasteiger partial charge in [-0.1, -0.05) is 65.5 Å². The van der Waals surface area contributed by atoms with Crippen LogP contribution < -0.4 is 0 Å². The number of hydrogen-bond donors (Lipinski definition) is 0. The molecule has 5 unspecified atom stereocenters. The minimum atomic E-state index is -0.115. The van der Waals surface area contributed by atoms with Crippen LogP contribution in [0.4, 0.5) is 0 Å². The lowest BCUT2D eigenvalue weighted by Crippen LogP contribution is -2.51. The number of ether oxygens (including phenoxy) is 1. The van der Waals surface area contributed by atoms with Crippen LogP contribution in [0.15, 0.2) is 11.6 Å². The summed E-state index contributed by atoms with van der Waals surface area (Å²) >= 11 is 0. The van der Waals surface area contributed by atoms with Crippen molar-refractivity contribution in [2.24, 2.45) is 46.3 Å². The van der Waals surface area contributed by atoms with Gasteiger partial charge in [-0.2, -0.15) is 0 Å². The Bertz CT molecular complexity index is 693. The van der Waals surface area contributed by atoms with Crippen LogP contribution in [-0.2, 0) is 9.53 Å². The standard InChI is InChI=1S/C29H48O2/c1-19(2)8-7-9-20(3)25-12-13-26-24-11-10-22-18-23(31-21(4)30)14-16-28(22,5)27(24)15-17-29(25,26)6/h10,19-20,23-27H,7-9,11-18H2,1-6H3/t20-,23-,24?,25?,26?,27?,28-,29?/m0/s1. The zero-order valence-electron chi connectivity index (χ0n) is 21.2. The van der Waals surface area contributed by atoms with Crippen LogP contribution in [0, 0.1) is 46.3 Å². The number of carbonyl (C=O) groups is 1. The average molecular weight is 429 g/mol. The molecule has 0 aromatic heterocycles. The van der Waals surface area contributed by atoms with Crippen molar-refractivity contribution in [2.45, 2.75) is 118 Å². The summed E-state index contributed by atoms with van der Waals surface area (Å²) in [4.78, 5) is 11.5. The Morgan fingerprint density at radius 2 is 1.84 bits per heavy atom. The molecule has 8 atom stereocenters. The molecule has 176 valence electrons. The predicted octanol–water partition coefficient (Wildman–Crippen LogP) is 7.96. The van der Waals surface area contributed by atoms with Gasteiger partial charge in [-0.05, 0) is 91.3 Å². The highest BCUT2D eigenvalue weighted by Gasteiger charge is 2.59. The first-order valence-corrected chi connectivity index (χ1v) is 13.5. The van der Waals surface area contributed by atoms with E-state index in [0.717, 1.165) is 48.3 Å². The largest absolute Gasteiger partial charge is 0.462 e. The van der Waals surface area contributed by atoms with Gasteiger partial charge in [0, 0.05) is 13.3 Å². The fraction of sp³-hybridized carbons (Fsp3) is 0.897. The first-order chi connectivity index (χ1) is 14.6. The third-order valence-electron chi connectivity index (χ3n) is 10.6. The quantitative estimate of drug-likeness (QED) is 0.317. The van der Waals surface area contributed by atoms with E-state index in [9.17, 15) is 4.79 Å². The van der Waals surface area contributed by atoms with E-state index in [2.05, 4.69) is 40.7 Å². The summed E-state index contributed by atoms with van der Waals surface area (Å²) < 4.78 is 5.61. The van der Waals surface area contributed by atoms with Crippen LogP contribution in [0.25, 0.3) is 0 Å². The zero-order valence-corrected chi connectivity index (χ0v) is 21.2. The molecule has 0 bridgehead atoms. The van der Waals surface area contributed by atoms with E-state index in [0.29, 0.717) is 10.8 Å². The Labute approximate surface area is 192 Å². The summed E-state index contributed by atoms with van der Waals surface area (Å²) in [5.74, 6) is 5.19. The molecule has 3 fully saturated rings. The minimum absolute atomic E-state index is 0.115. The molecule has 0 aromatic rings. The van der Waals surface area contributed by atoms with Crippen LogP contribution in [0.5, 0.6) is 0 Å². The zero-order chi connectivity index (χ0) is 22.4.